The zero-order valence-corrected chi connectivity index (χ0v) is 15.4. The Morgan fingerprint density at radius 2 is 1.79 bits per heavy atom. The van der Waals surface area contributed by atoms with Gasteiger partial charge in [-0.15, -0.1) is 5.10 Å². The summed E-state index contributed by atoms with van der Waals surface area (Å²) in [5.74, 6) is 1.24. The molecular weight excluding hydrogens is 366 g/mol. The molecule has 9 heteroatoms. The number of rotatable bonds is 6. The van der Waals surface area contributed by atoms with Crippen molar-refractivity contribution in [2.45, 2.75) is 13.0 Å². The molecule has 29 heavy (non-hydrogen) atoms. The molecule has 0 unspecified atom stereocenters. The van der Waals surface area contributed by atoms with Crippen molar-refractivity contribution < 1.29 is 0 Å². The van der Waals surface area contributed by atoms with Crippen LogP contribution < -0.4 is 5.32 Å². The number of fused-ring (bicyclic) bond motifs is 1. The Morgan fingerprint density at radius 1 is 0.897 bits per heavy atom. The summed E-state index contributed by atoms with van der Waals surface area (Å²) in [5.41, 5.74) is 3.13. The van der Waals surface area contributed by atoms with Gasteiger partial charge in [0.1, 0.15) is 6.33 Å². The van der Waals surface area contributed by atoms with Crippen LogP contribution in [0, 0.1) is 0 Å². The van der Waals surface area contributed by atoms with Crippen molar-refractivity contribution in [3.05, 3.63) is 79.0 Å². The first-order valence-electron chi connectivity index (χ1n) is 9.19. The first kappa shape index (κ1) is 17.0. The number of nitrogens with one attached hydrogen (secondary N) is 1. The van der Waals surface area contributed by atoms with Crippen molar-refractivity contribution in [3.8, 4) is 5.69 Å². The largest absolute Gasteiger partial charge is 0.321 e. The molecule has 0 radical (unpaired) electrons. The molecule has 1 aromatic carbocycles. The third-order valence-electron chi connectivity index (χ3n) is 4.45. The average Bonchev–Trinajstić information content (AvgIpc) is 3.41. The molecule has 0 amide bonds. The highest BCUT2D eigenvalue weighted by Gasteiger charge is 2.13. The van der Waals surface area contributed by atoms with Gasteiger partial charge in [0.2, 0.25) is 0 Å². The lowest BCUT2D eigenvalue weighted by atomic mass is 10.3. The van der Waals surface area contributed by atoms with Crippen LogP contribution in [0.3, 0.4) is 0 Å². The van der Waals surface area contributed by atoms with Gasteiger partial charge in [-0.25, -0.2) is 9.97 Å². The fraction of sp³-hybridized carbons (Fsp3) is 0.100. The summed E-state index contributed by atoms with van der Waals surface area (Å²) in [4.78, 5) is 13.0. The van der Waals surface area contributed by atoms with Gasteiger partial charge in [0.15, 0.2) is 22.8 Å². The number of hydrogen-bond donors (Lipinski definition) is 1. The molecule has 1 N–H and O–H groups in total. The third-order valence-corrected chi connectivity index (χ3v) is 4.45. The van der Waals surface area contributed by atoms with E-state index < -0.39 is 0 Å². The Kier molecular flexibility index (Phi) is 4.38. The van der Waals surface area contributed by atoms with E-state index in [4.69, 9.17) is 0 Å². The number of pyridine rings is 1. The summed E-state index contributed by atoms with van der Waals surface area (Å²) in [6.45, 7) is 0.738. The Hall–Kier alpha value is -4.14. The van der Waals surface area contributed by atoms with Gasteiger partial charge in [0.05, 0.1) is 5.69 Å². The van der Waals surface area contributed by atoms with Crippen LogP contribution in [0.5, 0.6) is 0 Å². The highest BCUT2D eigenvalue weighted by molar-refractivity contribution is 5.84. The molecule has 0 spiro atoms. The normalized spacial score (nSPS) is 11.0. The zero-order chi connectivity index (χ0) is 19.5. The molecular formula is C20H17N9. The minimum Gasteiger partial charge on any atom is -0.321 e. The maximum atomic E-state index is 4.55. The molecule has 0 saturated heterocycles. The van der Waals surface area contributed by atoms with E-state index in [0.717, 1.165) is 24.3 Å². The Bertz CT molecular complexity index is 1230. The standard InChI is InChI=1S/C20H17N9/c1-2-7-16(8-3-1)29-20-18(25-27-29)19(22-14-23-20)24-17-10-13-28(26-17)12-9-15-6-4-5-11-21-15/h1-8,10-11,13-14H,9,12H2,(H,22,23,24,26). The van der Waals surface area contributed by atoms with Gasteiger partial charge in [-0.05, 0) is 24.3 Å². The van der Waals surface area contributed by atoms with Crippen LogP contribution in [0.25, 0.3) is 16.9 Å². The lowest BCUT2D eigenvalue weighted by Gasteiger charge is -2.04. The van der Waals surface area contributed by atoms with E-state index in [0.29, 0.717) is 22.8 Å². The van der Waals surface area contributed by atoms with Gasteiger partial charge in [-0.2, -0.15) is 9.78 Å². The second kappa shape index (κ2) is 7.47. The molecule has 0 aliphatic heterocycles. The smallest absolute Gasteiger partial charge is 0.189 e. The molecule has 0 aliphatic carbocycles. The minimum absolute atomic E-state index is 0.562. The monoisotopic (exact) mass is 383 g/mol. The van der Waals surface area contributed by atoms with Crippen LogP contribution in [0.2, 0.25) is 0 Å². The minimum atomic E-state index is 0.562. The van der Waals surface area contributed by atoms with Gasteiger partial charge in [0, 0.05) is 37.1 Å². The fourth-order valence-electron chi connectivity index (χ4n) is 3.03. The van der Waals surface area contributed by atoms with E-state index in [1.165, 1.54) is 6.33 Å². The third kappa shape index (κ3) is 3.53. The lowest BCUT2D eigenvalue weighted by Crippen LogP contribution is -2.04. The zero-order valence-electron chi connectivity index (χ0n) is 15.4. The highest BCUT2D eigenvalue weighted by Crippen LogP contribution is 2.21. The molecule has 142 valence electrons. The van der Waals surface area contributed by atoms with E-state index in [1.807, 2.05) is 65.5 Å². The topological polar surface area (TPSA) is 99.2 Å². The first-order valence-corrected chi connectivity index (χ1v) is 9.19. The van der Waals surface area contributed by atoms with Crippen LogP contribution in [0.1, 0.15) is 5.69 Å². The second-order valence-electron chi connectivity index (χ2n) is 6.39. The van der Waals surface area contributed by atoms with E-state index in [2.05, 4.69) is 35.7 Å². The van der Waals surface area contributed by atoms with Crippen LogP contribution in [0.15, 0.2) is 73.3 Å². The molecule has 4 aromatic heterocycles. The molecule has 0 saturated carbocycles. The number of hydrogen-bond acceptors (Lipinski definition) is 7. The Morgan fingerprint density at radius 3 is 2.66 bits per heavy atom. The van der Waals surface area contributed by atoms with E-state index >= 15 is 0 Å². The highest BCUT2D eigenvalue weighted by atomic mass is 15.4. The molecule has 5 rings (SSSR count). The van der Waals surface area contributed by atoms with Gasteiger partial charge in [0.25, 0.3) is 0 Å². The van der Waals surface area contributed by atoms with Gasteiger partial charge >= 0.3 is 0 Å². The number of nitrogens with zero attached hydrogens (tertiary/aromatic N) is 8. The van der Waals surface area contributed by atoms with Gasteiger partial charge in [-0.3, -0.25) is 9.67 Å². The maximum Gasteiger partial charge on any atom is 0.189 e. The molecule has 9 nitrogen and oxygen atoms in total. The number of anilines is 2. The van der Waals surface area contributed by atoms with Crippen molar-refractivity contribution >= 4 is 22.8 Å². The number of aromatic nitrogens is 8. The van der Waals surface area contributed by atoms with Crippen LogP contribution >= 0.6 is 0 Å². The summed E-state index contributed by atoms with van der Waals surface area (Å²) in [5, 5.41) is 16.3. The molecule has 0 atom stereocenters. The van der Waals surface area contributed by atoms with Crippen LogP contribution in [0.4, 0.5) is 11.6 Å². The predicted molar refractivity (Wildman–Crippen MR) is 108 cm³/mol. The summed E-state index contributed by atoms with van der Waals surface area (Å²) >= 11 is 0. The van der Waals surface area contributed by atoms with Crippen molar-refractivity contribution in [3.63, 3.8) is 0 Å². The number of aryl methyl sites for hydroxylation is 2. The van der Waals surface area contributed by atoms with E-state index in [-0.39, 0.29) is 0 Å². The maximum absolute atomic E-state index is 4.55. The van der Waals surface area contributed by atoms with Crippen molar-refractivity contribution in [2.24, 2.45) is 0 Å². The number of benzene rings is 1. The average molecular weight is 383 g/mol. The van der Waals surface area contributed by atoms with E-state index in [9.17, 15) is 0 Å². The summed E-state index contributed by atoms with van der Waals surface area (Å²) in [6, 6.07) is 17.6. The quantitative estimate of drug-likeness (QED) is 0.481. The van der Waals surface area contributed by atoms with Crippen LogP contribution in [-0.2, 0) is 13.0 Å². The molecule has 0 fully saturated rings. The molecule has 0 bridgehead atoms. The van der Waals surface area contributed by atoms with E-state index in [1.54, 1.807) is 10.9 Å². The molecule has 5 aromatic rings. The predicted octanol–water partition coefficient (Wildman–Crippen LogP) is 2.79. The van der Waals surface area contributed by atoms with Gasteiger partial charge < -0.3 is 5.32 Å². The van der Waals surface area contributed by atoms with Gasteiger partial charge in [-0.1, -0.05) is 29.5 Å². The number of para-hydroxylation sites is 1. The van der Waals surface area contributed by atoms with Crippen molar-refractivity contribution in [2.75, 3.05) is 5.32 Å². The Balaban J connectivity index is 1.36. The first-order chi connectivity index (χ1) is 14.4. The van der Waals surface area contributed by atoms with Crippen LogP contribution in [-0.4, -0.2) is 39.7 Å². The summed E-state index contributed by atoms with van der Waals surface area (Å²) in [7, 11) is 0. The SMILES string of the molecule is c1ccc(-n2nnc3c(Nc4ccn(CCc5ccccn5)n4)ncnc32)cc1. The molecule has 0 aliphatic rings. The van der Waals surface area contributed by atoms with Crippen molar-refractivity contribution in [1.29, 1.82) is 0 Å². The fourth-order valence-corrected chi connectivity index (χ4v) is 3.03. The Labute approximate surface area is 166 Å². The lowest BCUT2D eigenvalue weighted by molar-refractivity contribution is 0.610. The summed E-state index contributed by atoms with van der Waals surface area (Å²) < 4.78 is 3.56. The summed E-state index contributed by atoms with van der Waals surface area (Å²) in [6.07, 6.45) is 6.02. The molecule has 4 heterocycles. The van der Waals surface area contributed by atoms with Crippen molar-refractivity contribution in [1.82, 2.24) is 39.7 Å². The second-order valence-corrected chi connectivity index (χ2v) is 6.39.